The van der Waals surface area contributed by atoms with E-state index >= 15 is 0 Å². The van der Waals surface area contributed by atoms with Crippen LogP contribution in [0, 0.1) is 0 Å². The largest absolute Gasteiger partial charge is 0.478 e. The van der Waals surface area contributed by atoms with Crippen molar-refractivity contribution in [1.82, 2.24) is 4.90 Å². The zero-order valence-electron chi connectivity index (χ0n) is 13.5. The molecule has 24 heavy (non-hydrogen) atoms. The summed E-state index contributed by atoms with van der Waals surface area (Å²) in [5, 5.41) is 8.95. The Morgan fingerprint density at radius 1 is 1.00 bits per heavy atom. The zero-order chi connectivity index (χ0) is 16.9. The first-order chi connectivity index (χ1) is 11.6. The molecule has 0 radical (unpaired) electrons. The summed E-state index contributed by atoms with van der Waals surface area (Å²) in [4.78, 5) is 25.6. The van der Waals surface area contributed by atoms with E-state index in [1.807, 2.05) is 23.1 Å². The lowest BCUT2D eigenvalue weighted by atomic mass is 10.0. The van der Waals surface area contributed by atoms with E-state index in [0.717, 1.165) is 32.2 Å². The third kappa shape index (κ3) is 3.65. The van der Waals surface area contributed by atoms with Gasteiger partial charge in [-0.1, -0.05) is 30.3 Å². The first-order valence-corrected chi connectivity index (χ1v) is 8.33. The second-order valence-electron chi connectivity index (χ2n) is 6.20. The van der Waals surface area contributed by atoms with Gasteiger partial charge in [-0.25, -0.2) is 4.79 Å². The fourth-order valence-electron chi connectivity index (χ4n) is 3.30. The van der Waals surface area contributed by atoms with Gasteiger partial charge in [-0.2, -0.15) is 0 Å². The molecule has 1 heterocycles. The Morgan fingerprint density at radius 3 is 2.33 bits per heavy atom. The fourth-order valence-corrected chi connectivity index (χ4v) is 3.30. The van der Waals surface area contributed by atoms with E-state index in [1.54, 1.807) is 12.1 Å². The summed E-state index contributed by atoms with van der Waals surface area (Å²) in [6.45, 7) is 0.777. The highest BCUT2D eigenvalue weighted by Gasteiger charge is 2.29. The summed E-state index contributed by atoms with van der Waals surface area (Å²) in [6, 6.07) is 16.8. The molecule has 3 rings (SSSR count). The molecule has 0 bridgehead atoms. The highest BCUT2D eigenvalue weighted by atomic mass is 16.4. The van der Waals surface area contributed by atoms with Crippen molar-refractivity contribution in [3.05, 3.63) is 71.3 Å². The summed E-state index contributed by atoms with van der Waals surface area (Å²) in [6.07, 6.45) is 3.99. The van der Waals surface area contributed by atoms with E-state index in [2.05, 4.69) is 12.1 Å². The van der Waals surface area contributed by atoms with E-state index in [-0.39, 0.29) is 17.5 Å². The van der Waals surface area contributed by atoms with Gasteiger partial charge in [0.2, 0.25) is 0 Å². The third-order valence-electron chi connectivity index (χ3n) is 4.63. The van der Waals surface area contributed by atoms with Crippen molar-refractivity contribution in [3.8, 4) is 0 Å². The van der Waals surface area contributed by atoms with Gasteiger partial charge in [0.1, 0.15) is 0 Å². The molecule has 2 aromatic carbocycles. The molecule has 0 saturated carbocycles. The van der Waals surface area contributed by atoms with Crippen LogP contribution in [0.4, 0.5) is 0 Å². The first-order valence-electron chi connectivity index (χ1n) is 8.33. The average Bonchev–Trinajstić information content (AvgIpc) is 3.09. The number of carbonyl (C=O) groups is 2. The van der Waals surface area contributed by atoms with Crippen molar-refractivity contribution < 1.29 is 14.7 Å². The van der Waals surface area contributed by atoms with E-state index in [0.29, 0.717) is 5.56 Å². The maximum atomic E-state index is 12.7. The van der Waals surface area contributed by atoms with Gasteiger partial charge in [-0.05, 0) is 55.5 Å². The van der Waals surface area contributed by atoms with Crippen LogP contribution in [0.2, 0.25) is 0 Å². The van der Waals surface area contributed by atoms with Crippen LogP contribution in [-0.2, 0) is 6.42 Å². The Balaban J connectivity index is 1.65. The molecule has 0 aromatic heterocycles. The number of carboxylic acids is 1. The molecule has 4 nitrogen and oxygen atoms in total. The van der Waals surface area contributed by atoms with Crippen LogP contribution in [0.25, 0.3) is 0 Å². The number of benzene rings is 2. The Morgan fingerprint density at radius 2 is 1.67 bits per heavy atom. The highest BCUT2D eigenvalue weighted by Crippen LogP contribution is 2.24. The molecule has 0 aliphatic carbocycles. The molecular formula is C20H21NO3. The molecule has 1 aliphatic heterocycles. The summed E-state index contributed by atoms with van der Waals surface area (Å²) in [7, 11) is 0. The molecule has 1 atom stereocenters. The summed E-state index contributed by atoms with van der Waals surface area (Å²) in [5.41, 5.74) is 2.06. The van der Waals surface area contributed by atoms with Crippen LogP contribution in [0.15, 0.2) is 54.6 Å². The van der Waals surface area contributed by atoms with Crippen molar-refractivity contribution in [1.29, 1.82) is 0 Å². The molecule has 1 amide bonds. The number of nitrogens with zero attached hydrogens (tertiary/aromatic N) is 1. The van der Waals surface area contributed by atoms with Gasteiger partial charge in [-0.3, -0.25) is 4.79 Å². The standard InChI is InChI=1S/C20H21NO3/c22-19(16-9-11-17(12-10-16)20(23)24)21-14-4-7-18(21)13-8-15-5-2-1-3-6-15/h1-3,5-6,9-12,18H,4,7-8,13-14H2,(H,23,24). The van der Waals surface area contributed by atoms with E-state index in [4.69, 9.17) is 5.11 Å². The topological polar surface area (TPSA) is 57.6 Å². The van der Waals surface area contributed by atoms with Crippen LogP contribution in [-0.4, -0.2) is 34.5 Å². The number of likely N-dealkylation sites (tertiary alicyclic amines) is 1. The molecule has 1 aliphatic rings. The molecule has 4 heteroatoms. The minimum absolute atomic E-state index is 0.00232. The molecule has 124 valence electrons. The van der Waals surface area contributed by atoms with Crippen molar-refractivity contribution >= 4 is 11.9 Å². The lowest BCUT2D eigenvalue weighted by molar-refractivity contribution is 0.0692. The fraction of sp³-hybridized carbons (Fsp3) is 0.300. The van der Waals surface area contributed by atoms with E-state index in [9.17, 15) is 9.59 Å². The Kier molecular flexibility index (Phi) is 4.94. The molecule has 1 N–H and O–H groups in total. The second-order valence-corrected chi connectivity index (χ2v) is 6.20. The summed E-state index contributed by atoms with van der Waals surface area (Å²) >= 11 is 0. The lowest BCUT2D eigenvalue weighted by Crippen LogP contribution is -2.35. The van der Waals surface area contributed by atoms with E-state index in [1.165, 1.54) is 17.7 Å². The third-order valence-corrected chi connectivity index (χ3v) is 4.63. The number of aromatic carboxylic acids is 1. The van der Waals surface area contributed by atoms with Gasteiger partial charge in [0.25, 0.3) is 5.91 Å². The van der Waals surface area contributed by atoms with Crippen LogP contribution < -0.4 is 0 Å². The number of rotatable bonds is 5. The Bertz CT molecular complexity index is 709. The number of carboxylic acid groups (broad SMARTS) is 1. The van der Waals surface area contributed by atoms with Crippen LogP contribution in [0.1, 0.15) is 45.5 Å². The van der Waals surface area contributed by atoms with Crippen molar-refractivity contribution in [2.75, 3.05) is 6.54 Å². The highest BCUT2D eigenvalue weighted by molar-refractivity contribution is 5.96. The molecule has 1 saturated heterocycles. The number of carbonyl (C=O) groups excluding carboxylic acids is 1. The molecule has 1 fully saturated rings. The monoisotopic (exact) mass is 323 g/mol. The maximum Gasteiger partial charge on any atom is 0.335 e. The number of amides is 1. The van der Waals surface area contributed by atoms with Gasteiger partial charge in [0.05, 0.1) is 5.56 Å². The minimum atomic E-state index is -0.976. The first kappa shape index (κ1) is 16.2. The van der Waals surface area contributed by atoms with Gasteiger partial charge in [0, 0.05) is 18.2 Å². The molecule has 2 aromatic rings. The van der Waals surface area contributed by atoms with Gasteiger partial charge in [0.15, 0.2) is 0 Å². The quantitative estimate of drug-likeness (QED) is 0.914. The van der Waals surface area contributed by atoms with E-state index < -0.39 is 5.97 Å². The van der Waals surface area contributed by atoms with Crippen LogP contribution in [0.5, 0.6) is 0 Å². The lowest BCUT2D eigenvalue weighted by Gasteiger charge is -2.25. The molecule has 1 unspecified atom stereocenters. The SMILES string of the molecule is O=C(O)c1ccc(C(=O)N2CCCC2CCc2ccccc2)cc1. The van der Waals surface area contributed by atoms with Crippen LogP contribution >= 0.6 is 0 Å². The minimum Gasteiger partial charge on any atom is -0.478 e. The number of hydrogen-bond acceptors (Lipinski definition) is 2. The average molecular weight is 323 g/mol. The summed E-state index contributed by atoms with van der Waals surface area (Å²) < 4.78 is 0. The predicted octanol–water partition coefficient (Wildman–Crippen LogP) is 3.62. The second kappa shape index (κ2) is 7.30. The summed E-state index contributed by atoms with van der Waals surface area (Å²) in [5.74, 6) is -0.974. The van der Waals surface area contributed by atoms with Crippen molar-refractivity contribution in [2.24, 2.45) is 0 Å². The molecular weight excluding hydrogens is 302 g/mol. The Hall–Kier alpha value is -2.62. The zero-order valence-corrected chi connectivity index (χ0v) is 13.5. The van der Waals surface area contributed by atoms with Gasteiger partial charge in [-0.15, -0.1) is 0 Å². The number of hydrogen-bond donors (Lipinski definition) is 1. The number of aryl methyl sites for hydroxylation is 1. The Labute approximate surface area is 141 Å². The van der Waals surface area contributed by atoms with Crippen molar-refractivity contribution in [3.63, 3.8) is 0 Å². The van der Waals surface area contributed by atoms with Crippen molar-refractivity contribution in [2.45, 2.75) is 31.7 Å². The van der Waals surface area contributed by atoms with Gasteiger partial charge >= 0.3 is 5.97 Å². The predicted molar refractivity (Wildman–Crippen MR) is 92.2 cm³/mol. The van der Waals surface area contributed by atoms with Crippen LogP contribution in [0.3, 0.4) is 0 Å². The molecule has 0 spiro atoms. The maximum absolute atomic E-state index is 12.7. The normalized spacial score (nSPS) is 17.0. The smallest absolute Gasteiger partial charge is 0.335 e. The van der Waals surface area contributed by atoms with Gasteiger partial charge < -0.3 is 10.0 Å².